The third-order valence-corrected chi connectivity index (χ3v) is 5.15. The van der Waals surface area contributed by atoms with Crippen molar-refractivity contribution in [2.24, 2.45) is 4.99 Å². The summed E-state index contributed by atoms with van der Waals surface area (Å²) in [5.41, 5.74) is 2.47. The normalized spacial score (nSPS) is 19.0. The SMILES string of the molecule is CCNC(=NCc1cccc(N2CC=CC2)c1)NC1CCCn2nc(C)nc21. The number of aryl methyl sites for hydroxylation is 2. The lowest BCUT2D eigenvalue weighted by Crippen LogP contribution is -2.41. The van der Waals surface area contributed by atoms with Crippen LogP contribution in [0.25, 0.3) is 0 Å². The van der Waals surface area contributed by atoms with Gasteiger partial charge in [0.1, 0.15) is 11.6 Å². The molecule has 0 spiro atoms. The molecule has 1 aromatic carbocycles. The Bertz CT molecular complexity index is 859. The molecule has 0 saturated heterocycles. The van der Waals surface area contributed by atoms with Crippen LogP contribution in [0.3, 0.4) is 0 Å². The van der Waals surface area contributed by atoms with E-state index in [1.54, 1.807) is 0 Å². The fraction of sp³-hybridized carbons (Fsp3) is 0.476. The number of aromatic nitrogens is 3. The van der Waals surface area contributed by atoms with Gasteiger partial charge in [-0.15, -0.1) is 0 Å². The molecule has 0 saturated carbocycles. The lowest BCUT2D eigenvalue weighted by atomic mass is 10.1. The zero-order valence-electron chi connectivity index (χ0n) is 16.7. The first-order chi connectivity index (χ1) is 13.7. The predicted octanol–water partition coefficient (Wildman–Crippen LogP) is 2.55. The van der Waals surface area contributed by atoms with Gasteiger partial charge in [-0.25, -0.2) is 14.7 Å². The summed E-state index contributed by atoms with van der Waals surface area (Å²) in [4.78, 5) is 11.8. The summed E-state index contributed by atoms with van der Waals surface area (Å²) in [7, 11) is 0. The lowest BCUT2D eigenvalue weighted by Gasteiger charge is -2.25. The van der Waals surface area contributed by atoms with Gasteiger partial charge in [-0.05, 0) is 44.4 Å². The molecule has 4 rings (SSSR count). The van der Waals surface area contributed by atoms with Gasteiger partial charge in [-0.2, -0.15) is 5.10 Å². The second-order valence-electron chi connectivity index (χ2n) is 7.32. The van der Waals surface area contributed by atoms with Gasteiger partial charge < -0.3 is 15.5 Å². The zero-order chi connectivity index (χ0) is 19.3. The largest absolute Gasteiger partial charge is 0.364 e. The molecule has 0 bridgehead atoms. The Balaban J connectivity index is 1.46. The van der Waals surface area contributed by atoms with E-state index < -0.39 is 0 Å². The van der Waals surface area contributed by atoms with Crippen LogP contribution in [0.2, 0.25) is 0 Å². The van der Waals surface area contributed by atoms with E-state index in [1.807, 2.05) is 11.6 Å². The third kappa shape index (κ3) is 4.18. The van der Waals surface area contributed by atoms with Crippen LogP contribution in [0.1, 0.15) is 43.0 Å². The van der Waals surface area contributed by atoms with Crippen molar-refractivity contribution in [3.8, 4) is 0 Å². The van der Waals surface area contributed by atoms with Gasteiger partial charge in [-0.3, -0.25) is 0 Å². The van der Waals surface area contributed by atoms with Crippen molar-refractivity contribution >= 4 is 11.6 Å². The number of hydrogen-bond donors (Lipinski definition) is 2. The first kappa shape index (κ1) is 18.5. The molecule has 148 valence electrons. The van der Waals surface area contributed by atoms with Crippen LogP contribution in [-0.4, -0.2) is 40.4 Å². The van der Waals surface area contributed by atoms with Crippen molar-refractivity contribution in [2.45, 2.75) is 45.8 Å². The van der Waals surface area contributed by atoms with Gasteiger partial charge in [0, 0.05) is 31.9 Å². The average Bonchev–Trinajstić information content (AvgIpc) is 3.36. The number of anilines is 1. The number of nitrogens with one attached hydrogen (secondary N) is 2. The summed E-state index contributed by atoms with van der Waals surface area (Å²) in [6.07, 6.45) is 6.56. The van der Waals surface area contributed by atoms with Crippen LogP contribution in [0.5, 0.6) is 0 Å². The second-order valence-corrected chi connectivity index (χ2v) is 7.32. The summed E-state index contributed by atoms with van der Waals surface area (Å²) in [5.74, 6) is 2.67. The monoisotopic (exact) mass is 379 g/mol. The summed E-state index contributed by atoms with van der Waals surface area (Å²) in [5, 5.41) is 11.4. The zero-order valence-corrected chi connectivity index (χ0v) is 16.7. The highest BCUT2D eigenvalue weighted by Gasteiger charge is 2.24. The quantitative estimate of drug-likeness (QED) is 0.475. The average molecular weight is 380 g/mol. The first-order valence-corrected chi connectivity index (χ1v) is 10.2. The molecule has 1 atom stereocenters. The summed E-state index contributed by atoms with van der Waals surface area (Å²) in [6.45, 7) is 8.42. The maximum atomic E-state index is 4.83. The molecule has 2 aliphatic rings. The minimum Gasteiger partial charge on any atom is -0.364 e. The van der Waals surface area contributed by atoms with Crippen molar-refractivity contribution in [1.29, 1.82) is 0 Å². The van der Waals surface area contributed by atoms with Gasteiger partial charge in [0.25, 0.3) is 0 Å². The highest BCUT2D eigenvalue weighted by Crippen LogP contribution is 2.23. The molecule has 7 heteroatoms. The smallest absolute Gasteiger partial charge is 0.192 e. The number of guanidine groups is 1. The lowest BCUT2D eigenvalue weighted by molar-refractivity contribution is 0.397. The van der Waals surface area contributed by atoms with Crippen molar-refractivity contribution in [1.82, 2.24) is 25.4 Å². The van der Waals surface area contributed by atoms with E-state index in [0.717, 1.165) is 56.6 Å². The Morgan fingerprint density at radius 1 is 1.29 bits per heavy atom. The van der Waals surface area contributed by atoms with E-state index in [9.17, 15) is 0 Å². The summed E-state index contributed by atoms with van der Waals surface area (Å²) in [6, 6.07) is 8.81. The highest BCUT2D eigenvalue weighted by atomic mass is 15.4. The number of nitrogens with zero attached hydrogens (tertiary/aromatic N) is 5. The van der Waals surface area contributed by atoms with E-state index in [2.05, 4.69) is 69.0 Å². The van der Waals surface area contributed by atoms with E-state index >= 15 is 0 Å². The topological polar surface area (TPSA) is 70.4 Å². The number of rotatable bonds is 5. The number of benzene rings is 1. The molecule has 0 fully saturated rings. The Labute approximate surface area is 166 Å². The first-order valence-electron chi connectivity index (χ1n) is 10.2. The third-order valence-electron chi connectivity index (χ3n) is 5.15. The molecule has 3 heterocycles. The molecular formula is C21H29N7. The Morgan fingerprint density at radius 3 is 2.96 bits per heavy atom. The molecule has 2 aliphatic heterocycles. The van der Waals surface area contributed by atoms with Crippen molar-refractivity contribution in [3.63, 3.8) is 0 Å². The van der Waals surface area contributed by atoms with Gasteiger partial charge >= 0.3 is 0 Å². The molecular weight excluding hydrogens is 350 g/mol. The van der Waals surface area contributed by atoms with Gasteiger partial charge in [0.05, 0.1) is 12.6 Å². The van der Waals surface area contributed by atoms with Crippen molar-refractivity contribution in [3.05, 3.63) is 53.6 Å². The molecule has 1 unspecified atom stereocenters. The maximum absolute atomic E-state index is 4.83. The van der Waals surface area contributed by atoms with Crippen molar-refractivity contribution in [2.75, 3.05) is 24.5 Å². The molecule has 0 amide bonds. The minimum atomic E-state index is 0.148. The van der Waals surface area contributed by atoms with Gasteiger partial charge in [-0.1, -0.05) is 24.3 Å². The second kappa shape index (κ2) is 8.46. The van der Waals surface area contributed by atoms with Gasteiger partial charge in [0.2, 0.25) is 0 Å². The van der Waals surface area contributed by atoms with E-state index in [0.29, 0.717) is 6.54 Å². The Hall–Kier alpha value is -2.83. The van der Waals surface area contributed by atoms with Gasteiger partial charge in [0.15, 0.2) is 5.96 Å². The Kier molecular flexibility index (Phi) is 5.60. The molecule has 1 aromatic heterocycles. The highest BCUT2D eigenvalue weighted by molar-refractivity contribution is 5.80. The van der Waals surface area contributed by atoms with Crippen LogP contribution in [0.15, 0.2) is 41.4 Å². The predicted molar refractivity (Wildman–Crippen MR) is 112 cm³/mol. The van der Waals surface area contributed by atoms with Crippen LogP contribution in [0.4, 0.5) is 5.69 Å². The minimum absolute atomic E-state index is 0.148. The van der Waals surface area contributed by atoms with Crippen LogP contribution in [-0.2, 0) is 13.1 Å². The fourth-order valence-electron chi connectivity index (χ4n) is 3.80. The number of fused-ring (bicyclic) bond motifs is 1. The summed E-state index contributed by atoms with van der Waals surface area (Å²) < 4.78 is 2.02. The molecule has 0 aliphatic carbocycles. The van der Waals surface area contributed by atoms with E-state index in [-0.39, 0.29) is 6.04 Å². The van der Waals surface area contributed by atoms with Crippen LogP contribution < -0.4 is 15.5 Å². The molecule has 7 nitrogen and oxygen atoms in total. The number of aliphatic imine (C=N–C) groups is 1. The summed E-state index contributed by atoms with van der Waals surface area (Å²) >= 11 is 0. The molecule has 2 N–H and O–H groups in total. The molecule has 0 radical (unpaired) electrons. The molecule has 2 aromatic rings. The Morgan fingerprint density at radius 2 is 2.14 bits per heavy atom. The standard InChI is InChI=1S/C21H29N7/c1-3-22-21(25-19-10-7-13-28-20(19)24-16(2)26-28)23-15-17-8-6-9-18(14-17)27-11-4-5-12-27/h4-6,8-9,14,19H,3,7,10-13,15H2,1-2H3,(H2,22,23,25). The maximum Gasteiger partial charge on any atom is 0.192 e. The fourth-order valence-corrected chi connectivity index (χ4v) is 3.80. The van der Waals surface area contributed by atoms with Crippen LogP contribution in [0, 0.1) is 6.92 Å². The van der Waals surface area contributed by atoms with E-state index in [4.69, 9.17) is 4.99 Å². The van der Waals surface area contributed by atoms with E-state index in [1.165, 1.54) is 11.3 Å². The number of hydrogen-bond acceptors (Lipinski definition) is 4. The van der Waals surface area contributed by atoms with Crippen molar-refractivity contribution < 1.29 is 0 Å². The van der Waals surface area contributed by atoms with Crippen LogP contribution >= 0.6 is 0 Å². The molecule has 28 heavy (non-hydrogen) atoms.